The van der Waals surface area contributed by atoms with Gasteiger partial charge in [-0.3, -0.25) is 13.9 Å². The summed E-state index contributed by atoms with van der Waals surface area (Å²) < 4.78 is 39.3. The zero-order valence-corrected chi connectivity index (χ0v) is 21.1. The van der Waals surface area contributed by atoms with Crippen molar-refractivity contribution in [1.82, 2.24) is 10.2 Å². The summed E-state index contributed by atoms with van der Waals surface area (Å²) in [6.07, 6.45) is 5.53. The Morgan fingerprint density at radius 1 is 1.06 bits per heavy atom. The van der Waals surface area contributed by atoms with Gasteiger partial charge in [0.2, 0.25) is 21.8 Å². The number of hydrogen-bond acceptors (Lipinski definition) is 4. The first-order valence-corrected chi connectivity index (χ1v) is 13.9. The Kier molecular flexibility index (Phi) is 9.26. The average Bonchev–Trinajstić information content (AvgIpc) is 3.33. The van der Waals surface area contributed by atoms with E-state index in [1.54, 1.807) is 49.4 Å². The number of halogens is 1. The van der Waals surface area contributed by atoms with E-state index in [9.17, 15) is 22.4 Å². The molecule has 190 valence electrons. The number of para-hydroxylation sites is 1. The first-order valence-electron chi connectivity index (χ1n) is 12.0. The van der Waals surface area contributed by atoms with Gasteiger partial charge in [0.1, 0.15) is 11.9 Å². The summed E-state index contributed by atoms with van der Waals surface area (Å²) in [6, 6.07) is 14.0. The van der Waals surface area contributed by atoms with Crippen LogP contribution in [0.15, 0.2) is 54.6 Å². The maximum absolute atomic E-state index is 13.4. The molecule has 0 bridgehead atoms. The number of carbonyl (C=O) groups excluding carboxylic acids is 2. The van der Waals surface area contributed by atoms with E-state index in [4.69, 9.17) is 0 Å². The number of hydrogen-bond donors (Lipinski definition) is 1. The zero-order valence-electron chi connectivity index (χ0n) is 20.3. The molecular formula is C26H34FN3O4S. The minimum Gasteiger partial charge on any atom is -0.352 e. The van der Waals surface area contributed by atoms with Gasteiger partial charge in [-0.25, -0.2) is 12.8 Å². The SMILES string of the molecule is CC(C(=O)NC1CCCC1)N(Cc1ccc(F)cc1)C(=O)CCCN(c1ccccc1)S(C)(=O)=O. The van der Waals surface area contributed by atoms with Gasteiger partial charge in [-0.05, 0) is 56.0 Å². The highest BCUT2D eigenvalue weighted by Gasteiger charge is 2.28. The predicted octanol–water partition coefficient (Wildman–Crippen LogP) is 3.85. The number of benzene rings is 2. The maximum atomic E-state index is 13.4. The molecular weight excluding hydrogens is 469 g/mol. The molecule has 1 unspecified atom stereocenters. The van der Waals surface area contributed by atoms with Crippen molar-refractivity contribution in [2.24, 2.45) is 0 Å². The fourth-order valence-electron chi connectivity index (χ4n) is 4.36. The van der Waals surface area contributed by atoms with Crippen LogP contribution < -0.4 is 9.62 Å². The number of sulfonamides is 1. The molecule has 9 heteroatoms. The van der Waals surface area contributed by atoms with E-state index in [2.05, 4.69) is 5.32 Å². The Labute approximate surface area is 207 Å². The lowest BCUT2D eigenvalue weighted by Crippen LogP contribution is -2.49. The van der Waals surface area contributed by atoms with Crippen molar-refractivity contribution in [3.05, 3.63) is 66.0 Å². The molecule has 0 saturated heterocycles. The van der Waals surface area contributed by atoms with Gasteiger partial charge in [0, 0.05) is 25.6 Å². The molecule has 1 N–H and O–H groups in total. The van der Waals surface area contributed by atoms with Crippen LogP contribution in [-0.4, -0.2) is 50.0 Å². The summed E-state index contributed by atoms with van der Waals surface area (Å²) in [5.41, 5.74) is 1.25. The summed E-state index contributed by atoms with van der Waals surface area (Å²) in [6.45, 7) is 1.99. The Bertz CT molecular complexity index is 1090. The average molecular weight is 504 g/mol. The summed E-state index contributed by atoms with van der Waals surface area (Å²) in [5.74, 6) is -0.847. The second kappa shape index (κ2) is 12.2. The molecule has 1 aliphatic carbocycles. The minimum absolute atomic E-state index is 0.0705. The molecule has 2 aromatic carbocycles. The molecule has 1 atom stereocenters. The third-order valence-corrected chi connectivity index (χ3v) is 7.53. The van der Waals surface area contributed by atoms with Gasteiger partial charge in [0.25, 0.3) is 0 Å². The van der Waals surface area contributed by atoms with Gasteiger partial charge in [-0.2, -0.15) is 0 Å². The van der Waals surface area contributed by atoms with Crippen molar-refractivity contribution in [2.75, 3.05) is 17.1 Å². The normalized spacial score (nSPS) is 14.9. The first-order chi connectivity index (χ1) is 16.6. The predicted molar refractivity (Wildman–Crippen MR) is 135 cm³/mol. The number of nitrogens with zero attached hydrogens (tertiary/aromatic N) is 2. The third kappa shape index (κ3) is 7.78. The number of rotatable bonds is 11. The van der Waals surface area contributed by atoms with E-state index < -0.39 is 16.1 Å². The molecule has 0 aliphatic heterocycles. The van der Waals surface area contributed by atoms with Crippen LogP contribution in [0.5, 0.6) is 0 Å². The summed E-state index contributed by atoms with van der Waals surface area (Å²) in [7, 11) is -3.52. The van der Waals surface area contributed by atoms with Crippen LogP contribution in [0.1, 0.15) is 51.0 Å². The van der Waals surface area contributed by atoms with Gasteiger partial charge in [-0.1, -0.05) is 43.2 Å². The molecule has 2 amide bonds. The van der Waals surface area contributed by atoms with E-state index in [1.807, 2.05) is 0 Å². The van der Waals surface area contributed by atoms with E-state index in [1.165, 1.54) is 21.3 Å². The van der Waals surface area contributed by atoms with Crippen molar-refractivity contribution in [3.63, 3.8) is 0 Å². The standard InChI is InChI=1S/C26H34FN3O4S/c1-20(26(32)28-23-9-6-7-10-23)29(19-21-14-16-22(27)17-15-21)25(31)13-8-18-30(35(2,33)34)24-11-4-3-5-12-24/h3-5,11-12,14-17,20,23H,6-10,13,18-19H2,1-2H3,(H,28,32). The first kappa shape index (κ1) is 26.7. The molecule has 0 radical (unpaired) electrons. The molecule has 0 aromatic heterocycles. The second-order valence-electron chi connectivity index (χ2n) is 9.09. The van der Waals surface area contributed by atoms with Crippen LogP contribution in [0.25, 0.3) is 0 Å². The van der Waals surface area contributed by atoms with Gasteiger partial charge >= 0.3 is 0 Å². The smallest absolute Gasteiger partial charge is 0.242 e. The fraction of sp³-hybridized carbons (Fsp3) is 0.462. The topological polar surface area (TPSA) is 86.8 Å². The zero-order chi connectivity index (χ0) is 25.4. The van der Waals surface area contributed by atoms with Crippen LogP contribution >= 0.6 is 0 Å². The van der Waals surface area contributed by atoms with E-state index in [0.29, 0.717) is 11.3 Å². The van der Waals surface area contributed by atoms with Gasteiger partial charge in [0.15, 0.2) is 0 Å². The molecule has 7 nitrogen and oxygen atoms in total. The highest BCUT2D eigenvalue weighted by molar-refractivity contribution is 7.92. The van der Waals surface area contributed by atoms with Crippen LogP contribution in [0, 0.1) is 5.82 Å². The van der Waals surface area contributed by atoms with Crippen molar-refractivity contribution in [1.29, 1.82) is 0 Å². The highest BCUT2D eigenvalue weighted by atomic mass is 32.2. The maximum Gasteiger partial charge on any atom is 0.242 e. The Morgan fingerprint density at radius 2 is 1.69 bits per heavy atom. The number of amides is 2. The van der Waals surface area contributed by atoms with Gasteiger partial charge < -0.3 is 10.2 Å². The molecule has 2 aromatic rings. The van der Waals surface area contributed by atoms with Crippen LogP contribution in [-0.2, 0) is 26.2 Å². The number of carbonyl (C=O) groups is 2. The van der Waals surface area contributed by atoms with Crippen LogP contribution in [0.2, 0.25) is 0 Å². The Balaban J connectivity index is 1.69. The lowest BCUT2D eigenvalue weighted by atomic mass is 10.1. The van der Waals surface area contributed by atoms with Crippen molar-refractivity contribution >= 4 is 27.5 Å². The van der Waals surface area contributed by atoms with E-state index in [-0.39, 0.29) is 49.6 Å². The molecule has 3 rings (SSSR count). The molecule has 35 heavy (non-hydrogen) atoms. The second-order valence-corrected chi connectivity index (χ2v) is 11.0. The molecule has 1 fully saturated rings. The summed E-state index contributed by atoms with van der Waals surface area (Å²) in [5, 5.41) is 3.04. The summed E-state index contributed by atoms with van der Waals surface area (Å²) in [4.78, 5) is 27.7. The number of nitrogens with one attached hydrogen (secondary N) is 1. The molecule has 1 saturated carbocycles. The van der Waals surface area contributed by atoms with E-state index in [0.717, 1.165) is 31.9 Å². The Morgan fingerprint density at radius 3 is 2.29 bits per heavy atom. The highest BCUT2D eigenvalue weighted by Crippen LogP contribution is 2.20. The molecule has 1 aliphatic rings. The van der Waals surface area contributed by atoms with Gasteiger partial charge in [-0.15, -0.1) is 0 Å². The van der Waals surface area contributed by atoms with E-state index >= 15 is 0 Å². The monoisotopic (exact) mass is 503 g/mol. The van der Waals surface area contributed by atoms with Crippen molar-refractivity contribution in [2.45, 2.75) is 64.1 Å². The molecule has 0 heterocycles. The van der Waals surface area contributed by atoms with Crippen LogP contribution in [0.4, 0.5) is 10.1 Å². The molecule has 0 spiro atoms. The quantitative estimate of drug-likeness (QED) is 0.505. The third-order valence-electron chi connectivity index (χ3n) is 6.33. The fourth-order valence-corrected chi connectivity index (χ4v) is 5.32. The van der Waals surface area contributed by atoms with Crippen LogP contribution in [0.3, 0.4) is 0 Å². The lowest BCUT2D eigenvalue weighted by molar-refractivity contribution is -0.141. The summed E-state index contributed by atoms with van der Waals surface area (Å²) >= 11 is 0. The largest absolute Gasteiger partial charge is 0.352 e. The number of anilines is 1. The van der Waals surface area contributed by atoms with Crippen molar-refractivity contribution in [3.8, 4) is 0 Å². The lowest BCUT2D eigenvalue weighted by Gasteiger charge is -2.30. The van der Waals surface area contributed by atoms with Crippen molar-refractivity contribution < 1.29 is 22.4 Å². The Hall–Kier alpha value is -2.94. The van der Waals surface area contributed by atoms with Gasteiger partial charge in [0.05, 0.1) is 11.9 Å². The minimum atomic E-state index is -3.52.